The van der Waals surface area contributed by atoms with Crippen LogP contribution >= 0.6 is 0 Å². The molecule has 0 saturated carbocycles. The third-order valence-electron chi connectivity index (χ3n) is 3.89. The molecule has 1 atom stereocenters. The van der Waals surface area contributed by atoms with Gasteiger partial charge in [-0.2, -0.15) is 0 Å². The zero-order valence-corrected chi connectivity index (χ0v) is 12.7. The van der Waals surface area contributed by atoms with Gasteiger partial charge in [-0.05, 0) is 31.0 Å². The number of carbonyl (C=O) groups is 2. The van der Waals surface area contributed by atoms with Gasteiger partial charge < -0.3 is 15.5 Å². The predicted molar refractivity (Wildman–Crippen MR) is 82.8 cm³/mol. The average molecular weight is 289 g/mol. The van der Waals surface area contributed by atoms with Crippen LogP contribution in [-0.2, 0) is 16.1 Å². The molecule has 1 aliphatic rings. The van der Waals surface area contributed by atoms with Gasteiger partial charge in [0.25, 0.3) is 0 Å². The van der Waals surface area contributed by atoms with Gasteiger partial charge in [-0.25, -0.2) is 0 Å². The molecule has 2 rings (SSSR count). The Labute approximate surface area is 125 Å². The number of para-hydroxylation sites is 1. The SMILES string of the molecule is CC(=O)N(C)Cc1ccccc1NC(=O)[C@H]1CCCNC1. The largest absolute Gasteiger partial charge is 0.342 e. The molecular formula is C16H23N3O2. The number of anilines is 1. The first kappa shape index (κ1) is 15.5. The van der Waals surface area contributed by atoms with Crippen molar-refractivity contribution in [2.24, 2.45) is 5.92 Å². The van der Waals surface area contributed by atoms with Gasteiger partial charge in [0, 0.05) is 32.7 Å². The lowest BCUT2D eigenvalue weighted by molar-refractivity contribution is -0.128. The van der Waals surface area contributed by atoms with Crippen molar-refractivity contribution in [2.75, 3.05) is 25.5 Å². The van der Waals surface area contributed by atoms with E-state index in [2.05, 4.69) is 10.6 Å². The Bertz CT molecular complexity index is 510. The highest BCUT2D eigenvalue weighted by Crippen LogP contribution is 2.19. The summed E-state index contributed by atoms with van der Waals surface area (Å²) < 4.78 is 0. The Balaban J connectivity index is 2.05. The summed E-state index contributed by atoms with van der Waals surface area (Å²) in [5.41, 5.74) is 1.74. The highest BCUT2D eigenvalue weighted by Gasteiger charge is 2.21. The molecule has 0 aliphatic carbocycles. The van der Waals surface area contributed by atoms with Crippen LogP contribution in [0.1, 0.15) is 25.3 Å². The molecule has 0 aromatic heterocycles. The third kappa shape index (κ3) is 4.29. The fraction of sp³-hybridized carbons (Fsp3) is 0.500. The van der Waals surface area contributed by atoms with E-state index in [1.54, 1.807) is 11.9 Å². The maximum absolute atomic E-state index is 12.3. The minimum atomic E-state index is 0.00705. The molecule has 114 valence electrons. The van der Waals surface area contributed by atoms with Gasteiger partial charge in [0.2, 0.25) is 11.8 Å². The van der Waals surface area contributed by atoms with E-state index in [0.29, 0.717) is 6.54 Å². The molecule has 1 fully saturated rings. The van der Waals surface area contributed by atoms with E-state index in [1.165, 1.54) is 6.92 Å². The molecule has 0 unspecified atom stereocenters. The van der Waals surface area contributed by atoms with Gasteiger partial charge in [0.15, 0.2) is 0 Å². The highest BCUT2D eigenvalue weighted by atomic mass is 16.2. The first-order valence-corrected chi connectivity index (χ1v) is 7.39. The van der Waals surface area contributed by atoms with Crippen molar-refractivity contribution in [1.82, 2.24) is 10.2 Å². The second kappa shape index (κ2) is 7.22. The van der Waals surface area contributed by atoms with Crippen molar-refractivity contribution < 1.29 is 9.59 Å². The molecule has 0 spiro atoms. The van der Waals surface area contributed by atoms with Crippen LogP contribution in [0.5, 0.6) is 0 Å². The van der Waals surface area contributed by atoms with Gasteiger partial charge in [-0.15, -0.1) is 0 Å². The Morgan fingerprint density at radius 3 is 2.81 bits per heavy atom. The van der Waals surface area contributed by atoms with Crippen LogP contribution in [0.2, 0.25) is 0 Å². The molecule has 5 nitrogen and oxygen atoms in total. The maximum atomic E-state index is 12.3. The summed E-state index contributed by atoms with van der Waals surface area (Å²) in [6.45, 7) is 3.76. The number of benzene rings is 1. The van der Waals surface area contributed by atoms with E-state index in [4.69, 9.17) is 0 Å². The molecule has 5 heteroatoms. The minimum absolute atomic E-state index is 0.00705. The first-order valence-electron chi connectivity index (χ1n) is 7.39. The second-order valence-corrected chi connectivity index (χ2v) is 5.56. The number of amides is 2. The molecule has 2 amide bonds. The maximum Gasteiger partial charge on any atom is 0.228 e. The zero-order valence-electron chi connectivity index (χ0n) is 12.7. The predicted octanol–water partition coefficient (Wildman–Crippen LogP) is 1.60. The third-order valence-corrected chi connectivity index (χ3v) is 3.89. The van der Waals surface area contributed by atoms with E-state index < -0.39 is 0 Å². The van der Waals surface area contributed by atoms with Crippen LogP contribution < -0.4 is 10.6 Å². The van der Waals surface area contributed by atoms with Crippen LogP contribution in [0, 0.1) is 5.92 Å². The standard InChI is InChI=1S/C16H23N3O2/c1-12(20)19(2)11-14-6-3-4-8-15(14)18-16(21)13-7-5-9-17-10-13/h3-4,6,8,13,17H,5,7,9-11H2,1-2H3,(H,18,21)/t13-/m0/s1. The van der Waals surface area contributed by atoms with Crippen LogP contribution in [0.25, 0.3) is 0 Å². The monoisotopic (exact) mass is 289 g/mol. The lowest BCUT2D eigenvalue weighted by atomic mass is 9.98. The summed E-state index contributed by atoms with van der Waals surface area (Å²) in [6.07, 6.45) is 1.96. The van der Waals surface area contributed by atoms with E-state index in [-0.39, 0.29) is 17.7 Å². The lowest BCUT2D eigenvalue weighted by Gasteiger charge is -2.23. The van der Waals surface area contributed by atoms with E-state index in [0.717, 1.165) is 37.2 Å². The highest BCUT2D eigenvalue weighted by molar-refractivity contribution is 5.93. The smallest absolute Gasteiger partial charge is 0.228 e. The first-order chi connectivity index (χ1) is 10.1. The van der Waals surface area contributed by atoms with Crippen molar-refractivity contribution in [3.8, 4) is 0 Å². The minimum Gasteiger partial charge on any atom is -0.342 e. The average Bonchev–Trinajstić information content (AvgIpc) is 2.50. The Hall–Kier alpha value is -1.88. The zero-order chi connectivity index (χ0) is 15.2. The molecule has 2 N–H and O–H groups in total. The molecule has 21 heavy (non-hydrogen) atoms. The Morgan fingerprint density at radius 1 is 1.38 bits per heavy atom. The van der Waals surface area contributed by atoms with Crippen molar-refractivity contribution in [3.05, 3.63) is 29.8 Å². The van der Waals surface area contributed by atoms with Crippen LogP contribution in [0.4, 0.5) is 5.69 Å². The van der Waals surface area contributed by atoms with Crippen molar-refractivity contribution in [1.29, 1.82) is 0 Å². The fourth-order valence-electron chi connectivity index (χ4n) is 2.46. The van der Waals surface area contributed by atoms with Gasteiger partial charge >= 0.3 is 0 Å². The van der Waals surface area contributed by atoms with Gasteiger partial charge in [0.1, 0.15) is 0 Å². The van der Waals surface area contributed by atoms with Crippen molar-refractivity contribution in [3.63, 3.8) is 0 Å². The van der Waals surface area contributed by atoms with Crippen molar-refractivity contribution in [2.45, 2.75) is 26.3 Å². The summed E-state index contributed by atoms with van der Waals surface area (Å²) >= 11 is 0. The quantitative estimate of drug-likeness (QED) is 0.885. The number of hydrogen-bond donors (Lipinski definition) is 2. The Morgan fingerprint density at radius 2 is 2.14 bits per heavy atom. The van der Waals surface area contributed by atoms with E-state index >= 15 is 0 Å². The normalized spacial score (nSPS) is 18.1. The van der Waals surface area contributed by atoms with Crippen LogP contribution in [-0.4, -0.2) is 36.9 Å². The molecular weight excluding hydrogens is 266 g/mol. The molecule has 0 radical (unpaired) electrons. The summed E-state index contributed by atoms with van der Waals surface area (Å²) in [4.78, 5) is 25.3. The summed E-state index contributed by atoms with van der Waals surface area (Å²) in [5.74, 6) is 0.0880. The summed E-state index contributed by atoms with van der Waals surface area (Å²) in [6, 6.07) is 7.64. The van der Waals surface area contributed by atoms with E-state index in [1.807, 2.05) is 24.3 Å². The van der Waals surface area contributed by atoms with Gasteiger partial charge in [-0.3, -0.25) is 9.59 Å². The molecule has 1 aromatic carbocycles. The second-order valence-electron chi connectivity index (χ2n) is 5.56. The Kier molecular flexibility index (Phi) is 5.33. The summed E-state index contributed by atoms with van der Waals surface area (Å²) in [7, 11) is 1.76. The fourth-order valence-corrected chi connectivity index (χ4v) is 2.46. The molecule has 1 aromatic rings. The van der Waals surface area contributed by atoms with Crippen LogP contribution in [0.3, 0.4) is 0 Å². The molecule has 1 saturated heterocycles. The molecule has 1 aliphatic heterocycles. The van der Waals surface area contributed by atoms with Crippen LogP contribution in [0.15, 0.2) is 24.3 Å². The molecule has 0 bridgehead atoms. The number of nitrogens with one attached hydrogen (secondary N) is 2. The molecule has 1 heterocycles. The van der Waals surface area contributed by atoms with Gasteiger partial charge in [0.05, 0.1) is 5.92 Å². The lowest BCUT2D eigenvalue weighted by Crippen LogP contribution is -2.37. The summed E-state index contributed by atoms with van der Waals surface area (Å²) in [5, 5.41) is 6.26. The number of nitrogens with zero attached hydrogens (tertiary/aromatic N) is 1. The van der Waals surface area contributed by atoms with Gasteiger partial charge in [-0.1, -0.05) is 18.2 Å². The number of carbonyl (C=O) groups excluding carboxylic acids is 2. The van der Waals surface area contributed by atoms with E-state index in [9.17, 15) is 9.59 Å². The topological polar surface area (TPSA) is 61.4 Å². The number of rotatable bonds is 4. The number of hydrogen-bond acceptors (Lipinski definition) is 3. The van der Waals surface area contributed by atoms with Crippen molar-refractivity contribution >= 4 is 17.5 Å². The number of piperidine rings is 1.